The number of aromatic nitrogens is 4. The molecule has 3 heterocycles. The van der Waals surface area contributed by atoms with Crippen molar-refractivity contribution in [1.29, 1.82) is 0 Å². The predicted octanol–water partition coefficient (Wildman–Crippen LogP) is 5.03. The number of hydrogen-bond donors (Lipinski definition) is 2. The first-order valence-corrected chi connectivity index (χ1v) is 10.9. The van der Waals surface area contributed by atoms with E-state index in [2.05, 4.69) is 31.5 Å². The van der Waals surface area contributed by atoms with E-state index < -0.39 is 6.04 Å². The van der Waals surface area contributed by atoms with Crippen LogP contribution in [0.1, 0.15) is 18.5 Å². The van der Waals surface area contributed by atoms with E-state index in [-0.39, 0.29) is 5.91 Å². The molecule has 7 nitrogen and oxygen atoms in total. The summed E-state index contributed by atoms with van der Waals surface area (Å²) < 4.78 is 2.69. The Labute approximate surface area is 193 Å². The number of allylic oxidation sites excluding steroid dienone is 1. The maximum atomic E-state index is 13.4. The molecule has 8 heteroatoms. The second-order valence-corrected chi connectivity index (χ2v) is 8.28. The molecule has 0 aliphatic carbocycles. The Bertz CT molecular complexity index is 1320. The van der Waals surface area contributed by atoms with E-state index in [9.17, 15) is 4.79 Å². The number of hydrogen-bond acceptors (Lipinski definition) is 5. The summed E-state index contributed by atoms with van der Waals surface area (Å²) in [6.07, 6.45) is 1.64. The summed E-state index contributed by atoms with van der Waals surface area (Å²) in [5.74, 6) is 1.41. The molecule has 0 saturated carbocycles. The van der Waals surface area contributed by atoms with Gasteiger partial charge in [0, 0.05) is 21.9 Å². The number of pyridine rings is 1. The lowest BCUT2D eigenvalue weighted by atomic mass is 9.95. The van der Waals surface area contributed by atoms with Crippen LogP contribution in [-0.2, 0) is 4.79 Å². The van der Waals surface area contributed by atoms with Gasteiger partial charge in [0.25, 0.3) is 5.91 Å². The molecular formula is C24H19BrN6O. The number of rotatable bonds is 4. The third-order valence-corrected chi connectivity index (χ3v) is 5.69. The second kappa shape index (κ2) is 8.39. The number of nitrogens with zero attached hydrogens (tertiary/aromatic N) is 4. The zero-order valence-electron chi connectivity index (χ0n) is 17.2. The highest BCUT2D eigenvalue weighted by molar-refractivity contribution is 9.10. The topological polar surface area (TPSA) is 84.7 Å². The molecule has 5 rings (SSSR count). The molecule has 1 aliphatic heterocycles. The van der Waals surface area contributed by atoms with Gasteiger partial charge < -0.3 is 10.6 Å². The third-order valence-electron chi connectivity index (χ3n) is 5.20. The van der Waals surface area contributed by atoms with Crippen LogP contribution in [0.5, 0.6) is 0 Å². The molecule has 32 heavy (non-hydrogen) atoms. The average Bonchev–Trinajstić information content (AvgIpc) is 3.23. The Morgan fingerprint density at radius 2 is 1.88 bits per heavy atom. The van der Waals surface area contributed by atoms with E-state index in [1.807, 2.05) is 67.6 Å². The molecule has 0 saturated heterocycles. The summed E-state index contributed by atoms with van der Waals surface area (Å²) >= 11 is 3.55. The quantitative estimate of drug-likeness (QED) is 0.422. The average molecular weight is 487 g/mol. The van der Waals surface area contributed by atoms with Gasteiger partial charge in [0.2, 0.25) is 5.95 Å². The van der Waals surface area contributed by atoms with Gasteiger partial charge in [0.05, 0.1) is 5.57 Å². The Hall–Kier alpha value is -3.78. The maximum Gasteiger partial charge on any atom is 0.257 e. The Kier molecular flexibility index (Phi) is 5.28. The largest absolute Gasteiger partial charge is 0.328 e. The number of amides is 1. The van der Waals surface area contributed by atoms with E-state index >= 15 is 0 Å². The fourth-order valence-electron chi connectivity index (χ4n) is 3.76. The smallest absolute Gasteiger partial charge is 0.257 e. The van der Waals surface area contributed by atoms with E-state index in [1.54, 1.807) is 23.0 Å². The van der Waals surface area contributed by atoms with E-state index in [0.717, 1.165) is 15.6 Å². The van der Waals surface area contributed by atoms with Gasteiger partial charge in [-0.05, 0) is 36.8 Å². The van der Waals surface area contributed by atoms with Crippen LogP contribution in [0.2, 0.25) is 0 Å². The zero-order valence-corrected chi connectivity index (χ0v) is 18.7. The van der Waals surface area contributed by atoms with Crippen molar-refractivity contribution in [2.75, 3.05) is 10.6 Å². The molecule has 2 aromatic heterocycles. The van der Waals surface area contributed by atoms with E-state index in [4.69, 9.17) is 10.1 Å². The Balaban J connectivity index is 1.62. The van der Waals surface area contributed by atoms with Crippen LogP contribution < -0.4 is 10.6 Å². The molecule has 2 N–H and O–H groups in total. The van der Waals surface area contributed by atoms with Crippen LogP contribution in [0.15, 0.2) is 94.7 Å². The molecule has 0 unspecified atom stereocenters. The highest BCUT2D eigenvalue weighted by Crippen LogP contribution is 2.37. The molecule has 0 bridgehead atoms. The molecule has 2 aromatic carbocycles. The first-order chi connectivity index (χ1) is 15.6. The van der Waals surface area contributed by atoms with Crippen LogP contribution in [-0.4, -0.2) is 25.7 Å². The van der Waals surface area contributed by atoms with Crippen molar-refractivity contribution in [3.63, 3.8) is 0 Å². The van der Waals surface area contributed by atoms with Gasteiger partial charge in [-0.3, -0.25) is 4.79 Å². The summed E-state index contributed by atoms with van der Waals surface area (Å²) in [5.41, 5.74) is 3.08. The number of halogens is 1. The highest BCUT2D eigenvalue weighted by Gasteiger charge is 2.34. The van der Waals surface area contributed by atoms with Gasteiger partial charge in [-0.1, -0.05) is 64.5 Å². The van der Waals surface area contributed by atoms with Gasteiger partial charge in [-0.15, -0.1) is 5.10 Å². The number of carbonyl (C=O) groups excluding carboxylic acids is 1. The summed E-state index contributed by atoms with van der Waals surface area (Å²) in [7, 11) is 0. The molecule has 0 radical (unpaired) electrons. The fourth-order valence-corrected chi connectivity index (χ4v) is 4.18. The van der Waals surface area contributed by atoms with Crippen molar-refractivity contribution in [3.8, 4) is 11.4 Å². The van der Waals surface area contributed by atoms with Crippen LogP contribution in [0.3, 0.4) is 0 Å². The van der Waals surface area contributed by atoms with Gasteiger partial charge in [-0.2, -0.15) is 4.98 Å². The Morgan fingerprint density at radius 3 is 2.62 bits per heavy atom. The molecule has 4 aromatic rings. The highest BCUT2D eigenvalue weighted by atomic mass is 79.9. The lowest BCUT2D eigenvalue weighted by molar-refractivity contribution is -0.113. The van der Waals surface area contributed by atoms with Gasteiger partial charge in [0.15, 0.2) is 5.82 Å². The van der Waals surface area contributed by atoms with Crippen molar-refractivity contribution in [2.45, 2.75) is 13.0 Å². The number of nitrogens with one attached hydrogen (secondary N) is 2. The van der Waals surface area contributed by atoms with Crippen molar-refractivity contribution < 1.29 is 4.79 Å². The van der Waals surface area contributed by atoms with Crippen LogP contribution >= 0.6 is 15.9 Å². The van der Waals surface area contributed by atoms with Crippen molar-refractivity contribution >= 4 is 33.6 Å². The van der Waals surface area contributed by atoms with Crippen molar-refractivity contribution in [3.05, 3.63) is 100 Å². The van der Waals surface area contributed by atoms with Gasteiger partial charge in [0.1, 0.15) is 11.9 Å². The van der Waals surface area contributed by atoms with E-state index in [0.29, 0.717) is 28.9 Å². The monoisotopic (exact) mass is 486 g/mol. The molecule has 1 aliphatic rings. The minimum Gasteiger partial charge on any atom is -0.328 e. The molecule has 158 valence electrons. The molecule has 1 atom stereocenters. The van der Waals surface area contributed by atoms with Crippen LogP contribution in [0, 0.1) is 0 Å². The molecule has 0 fully saturated rings. The minimum absolute atomic E-state index is 0.249. The van der Waals surface area contributed by atoms with Gasteiger partial charge in [-0.25, -0.2) is 9.67 Å². The second-order valence-electron chi connectivity index (χ2n) is 7.36. The fraction of sp³-hybridized carbons (Fsp3) is 0.0833. The van der Waals surface area contributed by atoms with Crippen LogP contribution in [0.25, 0.3) is 11.4 Å². The lowest BCUT2D eigenvalue weighted by Gasteiger charge is -2.28. The summed E-state index contributed by atoms with van der Waals surface area (Å²) in [6.45, 7) is 1.87. The van der Waals surface area contributed by atoms with Gasteiger partial charge >= 0.3 is 0 Å². The van der Waals surface area contributed by atoms with Crippen molar-refractivity contribution in [2.24, 2.45) is 0 Å². The lowest BCUT2D eigenvalue weighted by Crippen LogP contribution is -2.31. The SMILES string of the molecule is CC1=C(C(=O)Nc2ccccn2)[C@@H](c2cccc(Br)c2)n2nc(-c3ccccc3)nc2N1. The number of carbonyl (C=O) groups is 1. The summed E-state index contributed by atoms with van der Waals surface area (Å²) in [5, 5.41) is 10.9. The number of fused-ring (bicyclic) bond motifs is 1. The standard InChI is InChI=1S/C24H19BrN6O/c1-15-20(23(32)28-19-12-5-6-13-26-19)21(17-10-7-11-18(25)14-17)31-24(27-15)29-22(30-31)16-8-3-2-4-9-16/h2-14,21H,1H3,(H,26,28,32)(H,27,29,30)/t21-/m1/s1. The summed E-state index contributed by atoms with van der Waals surface area (Å²) in [6, 6.07) is 22.6. The molecular weight excluding hydrogens is 468 g/mol. The van der Waals surface area contributed by atoms with E-state index in [1.165, 1.54) is 0 Å². The number of anilines is 2. The molecule has 1 amide bonds. The summed E-state index contributed by atoms with van der Waals surface area (Å²) in [4.78, 5) is 22.3. The zero-order chi connectivity index (χ0) is 22.1. The first-order valence-electron chi connectivity index (χ1n) is 10.1. The Morgan fingerprint density at radius 1 is 1.06 bits per heavy atom. The maximum absolute atomic E-state index is 13.4. The van der Waals surface area contributed by atoms with Crippen molar-refractivity contribution in [1.82, 2.24) is 19.7 Å². The third kappa shape index (κ3) is 3.80. The normalized spacial score (nSPS) is 15.1. The minimum atomic E-state index is -0.461. The van der Waals surface area contributed by atoms with Crippen LogP contribution in [0.4, 0.5) is 11.8 Å². The number of benzene rings is 2. The first kappa shape index (κ1) is 20.1. The predicted molar refractivity (Wildman–Crippen MR) is 127 cm³/mol. The molecule has 0 spiro atoms.